The summed E-state index contributed by atoms with van der Waals surface area (Å²) in [6, 6.07) is 14.4. The minimum atomic E-state index is -0.571. The van der Waals surface area contributed by atoms with Crippen LogP contribution in [0.4, 0.5) is 4.79 Å². The number of amides is 1. The standard InChI is InChI=1S/C31H35NO7/c1-18(2)20-9-7-19(8-10-20)17-39-31(34)32-24-13-11-21-15-27(36-4)29(37-5)30(38-6)28(21)22-12-14-26(35-3)25(33)16-23(22)24/h7-10,12,14-16,18,24H,11,13,17H2,1-6H3,(H,32,34). The Morgan fingerprint density at radius 3 is 2.21 bits per heavy atom. The number of carbonyl (C=O) groups excluding carboxylic acids is 1. The number of alkyl carbamates (subject to hydrolysis) is 1. The van der Waals surface area contributed by atoms with Gasteiger partial charge in [0.2, 0.25) is 11.2 Å². The van der Waals surface area contributed by atoms with Gasteiger partial charge in [-0.1, -0.05) is 44.2 Å². The molecule has 0 bridgehead atoms. The van der Waals surface area contributed by atoms with Crippen LogP contribution in [0.15, 0.2) is 53.3 Å². The third-order valence-corrected chi connectivity index (χ3v) is 7.03. The van der Waals surface area contributed by atoms with Gasteiger partial charge in [0.25, 0.3) is 0 Å². The van der Waals surface area contributed by atoms with Crippen molar-refractivity contribution in [2.75, 3.05) is 28.4 Å². The zero-order valence-electron chi connectivity index (χ0n) is 23.3. The second-order valence-corrected chi connectivity index (χ2v) is 9.67. The van der Waals surface area contributed by atoms with Crippen LogP contribution in [0.1, 0.15) is 54.5 Å². The molecule has 0 aliphatic heterocycles. The minimum absolute atomic E-state index is 0.134. The van der Waals surface area contributed by atoms with Crippen molar-refractivity contribution in [3.05, 3.63) is 81.0 Å². The Labute approximate surface area is 228 Å². The van der Waals surface area contributed by atoms with Crippen LogP contribution in [0.2, 0.25) is 0 Å². The van der Waals surface area contributed by atoms with Crippen molar-refractivity contribution in [2.24, 2.45) is 0 Å². The highest BCUT2D eigenvalue weighted by Gasteiger charge is 2.30. The largest absolute Gasteiger partial charge is 0.493 e. The van der Waals surface area contributed by atoms with Crippen LogP contribution < -0.4 is 29.7 Å². The maximum atomic E-state index is 13.0. The molecule has 39 heavy (non-hydrogen) atoms. The summed E-state index contributed by atoms with van der Waals surface area (Å²) in [5.74, 6) is 2.08. The van der Waals surface area contributed by atoms with E-state index in [1.165, 1.54) is 18.7 Å². The van der Waals surface area contributed by atoms with Gasteiger partial charge in [0.05, 0.1) is 34.5 Å². The molecule has 0 saturated heterocycles. The predicted molar refractivity (Wildman–Crippen MR) is 149 cm³/mol. The number of nitrogens with one attached hydrogen (secondary N) is 1. The van der Waals surface area contributed by atoms with E-state index in [9.17, 15) is 9.59 Å². The van der Waals surface area contributed by atoms with Crippen molar-refractivity contribution in [2.45, 2.75) is 45.3 Å². The summed E-state index contributed by atoms with van der Waals surface area (Å²) in [4.78, 5) is 26.0. The first kappa shape index (κ1) is 27.8. The van der Waals surface area contributed by atoms with Crippen molar-refractivity contribution in [3.63, 3.8) is 0 Å². The summed E-state index contributed by atoms with van der Waals surface area (Å²) in [5.41, 5.74) is 4.87. The maximum absolute atomic E-state index is 13.0. The zero-order valence-corrected chi connectivity index (χ0v) is 23.3. The second-order valence-electron chi connectivity index (χ2n) is 9.67. The summed E-state index contributed by atoms with van der Waals surface area (Å²) < 4.78 is 27.9. The van der Waals surface area contributed by atoms with E-state index in [1.807, 2.05) is 36.4 Å². The van der Waals surface area contributed by atoms with E-state index in [4.69, 9.17) is 23.7 Å². The van der Waals surface area contributed by atoms with Gasteiger partial charge in [0.15, 0.2) is 17.2 Å². The highest BCUT2D eigenvalue weighted by atomic mass is 16.5. The Kier molecular flexibility index (Phi) is 8.64. The minimum Gasteiger partial charge on any atom is -0.493 e. The van der Waals surface area contributed by atoms with Crippen molar-refractivity contribution in [1.29, 1.82) is 0 Å². The number of aryl methyl sites for hydroxylation is 1. The van der Waals surface area contributed by atoms with E-state index in [0.717, 1.165) is 22.3 Å². The van der Waals surface area contributed by atoms with Crippen LogP contribution in [-0.2, 0) is 17.8 Å². The number of hydrogen-bond acceptors (Lipinski definition) is 7. The third kappa shape index (κ3) is 5.79. The molecule has 1 atom stereocenters. The molecule has 3 aromatic carbocycles. The van der Waals surface area contributed by atoms with E-state index in [-0.39, 0.29) is 17.8 Å². The van der Waals surface area contributed by atoms with Gasteiger partial charge in [-0.25, -0.2) is 4.79 Å². The molecule has 3 aromatic rings. The van der Waals surface area contributed by atoms with Crippen LogP contribution in [0.5, 0.6) is 23.0 Å². The average molecular weight is 534 g/mol. The molecule has 4 rings (SSSR count). The van der Waals surface area contributed by atoms with Crippen LogP contribution in [0, 0.1) is 0 Å². The quantitative estimate of drug-likeness (QED) is 0.392. The lowest BCUT2D eigenvalue weighted by atomic mass is 9.95. The molecule has 0 heterocycles. The number of carbonyl (C=O) groups is 1. The summed E-state index contributed by atoms with van der Waals surface area (Å²) in [6.45, 7) is 4.40. The van der Waals surface area contributed by atoms with Gasteiger partial charge in [-0.3, -0.25) is 4.79 Å². The molecule has 1 unspecified atom stereocenters. The van der Waals surface area contributed by atoms with Crippen LogP contribution in [0.3, 0.4) is 0 Å². The van der Waals surface area contributed by atoms with Gasteiger partial charge >= 0.3 is 6.09 Å². The Morgan fingerprint density at radius 1 is 0.897 bits per heavy atom. The molecule has 206 valence electrons. The van der Waals surface area contributed by atoms with Gasteiger partial charge < -0.3 is 29.0 Å². The van der Waals surface area contributed by atoms with Gasteiger partial charge in [-0.05, 0) is 64.8 Å². The summed E-state index contributed by atoms with van der Waals surface area (Å²) in [7, 11) is 6.13. The second kappa shape index (κ2) is 12.1. The monoisotopic (exact) mass is 533 g/mol. The van der Waals surface area contributed by atoms with E-state index in [1.54, 1.807) is 27.4 Å². The van der Waals surface area contributed by atoms with Crippen LogP contribution >= 0.6 is 0 Å². The smallest absolute Gasteiger partial charge is 0.407 e. The molecule has 1 amide bonds. The third-order valence-electron chi connectivity index (χ3n) is 7.03. The molecular weight excluding hydrogens is 498 g/mol. The van der Waals surface area contributed by atoms with E-state index < -0.39 is 12.1 Å². The summed E-state index contributed by atoms with van der Waals surface area (Å²) >= 11 is 0. The molecule has 0 saturated carbocycles. The number of fused-ring (bicyclic) bond motifs is 3. The molecule has 0 aromatic heterocycles. The highest BCUT2D eigenvalue weighted by molar-refractivity contribution is 5.83. The topological polar surface area (TPSA) is 92.3 Å². The lowest BCUT2D eigenvalue weighted by Crippen LogP contribution is -2.29. The average Bonchev–Trinajstić information content (AvgIpc) is 3.19. The molecular formula is C31H35NO7. The first-order valence-electron chi connectivity index (χ1n) is 12.9. The summed E-state index contributed by atoms with van der Waals surface area (Å²) in [5, 5.41) is 2.98. The molecule has 0 radical (unpaired) electrons. The van der Waals surface area contributed by atoms with Crippen molar-refractivity contribution in [1.82, 2.24) is 5.32 Å². The molecule has 0 fully saturated rings. The first-order valence-corrected chi connectivity index (χ1v) is 12.9. The number of rotatable bonds is 8. The van der Waals surface area contributed by atoms with Gasteiger partial charge in [-0.2, -0.15) is 0 Å². The molecule has 1 aliphatic carbocycles. The van der Waals surface area contributed by atoms with Gasteiger partial charge in [-0.15, -0.1) is 0 Å². The van der Waals surface area contributed by atoms with E-state index >= 15 is 0 Å². The van der Waals surface area contributed by atoms with Crippen molar-refractivity contribution >= 4 is 6.09 Å². The van der Waals surface area contributed by atoms with Crippen molar-refractivity contribution < 1.29 is 28.5 Å². The number of ether oxygens (including phenoxy) is 5. The van der Waals surface area contributed by atoms with Crippen LogP contribution in [-0.4, -0.2) is 34.5 Å². The molecule has 8 nitrogen and oxygen atoms in total. The molecule has 1 N–H and O–H groups in total. The first-order chi connectivity index (χ1) is 18.8. The van der Waals surface area contributed by atoms with Gasteiger partial charge in [0, 0.05) is 5.56 Å². The number of hydrogen-bond donors (Lipinski definition) is 1. The van der Waals surface area contributed by atoms with E-state index in [0.29, 0.717) is 41.6 Å². The Hall–Kier alpha value is -4.20. The highest BCUT2D eigenvalue weighted by Crippen LogP contribution is 2.50. The summed E-state index contributed by atoms with van der Waals surface area (Å²) in [6.07, 6.45) is 0.526. The normalized spacial score (nSPS) is 14.0. The number of benzene rings is 2. The molecule has 0 spiro atoms. The molecule has 8 heteroatoms. The Bertz CT molecular complexity index is 1400. The van der Waals surface area contributed by atoms with Crippen LogP contribution in [0.25, 0.3) is 11.1 Å². The van der Waals surface area contributed by atoms with Gasteiger partial charge in [0.1, 0.15) is 6.61 Å². The van der Waals surface area contributed by atoms with E-state index in [2.05, 4.69) is 19.2 Å². The lowest BCUT2D eigenvalue weighted by Gasteiger charge is -2.20. The SMILES string of the molecule is COc1cc2c(c(OC)c1OC)-c1ccc(OC)c(=O)cc1C(NC(=O)OCc1ccc(C(C)C)cc1)CC2. The zero-order chi connectivity index (χ0) is 28.1. The fourth-order valence-corrected chi connectivity index (χ4v) is 4.95. The lowest BCUT2D eigenvalue weighted by molar-refractivity contribution is 0.135. The Morgan fingerprint density at radius 2 is 1.59 bits per heavy atom. The fourth-order valence-electron chi connectivity index (χ4n) is 4.95. The van der Waals surface area contributed by atoms with Crippen molar-refractivity contribution in [3.8, 4) is 34.1 Å². The maximum Gasteiger partial charge on any atom is 0.407 e. The Balaban J connectivity index is 1.71. The molecule has 1 aliphatic rings. The fraction of sp³-hybridized carbons (Fsp3) is 0.355. The number of methoxy groups -OCH3 is 4. The predicted octanol–water partition coefficient (Wildman–Crippen LogP) is 5.79.